The molecule has 1 unspecified atom stereocenters. The van der Waals surface area contributed by atoms with Crippen molar-refractivity contribution in [3.8, 4) is 0 Å². The first-order valence-electron chi connectivity index (χ1n) is 9.99. The Morgan fingerprint density at radius 1 is 1.14 bits per heavy atom. The summed E-state index contributed by atoms with van der Waals surface area (Å²) in [6.45, 7) is 7.63. The molecule has 0 spiro atoms. The molecule has 1 atom stereocenters. The van der Waals surface area contributed by atoms with Crippen molar-refractivity contribution in [3.05, 3.63) is 70.8 Å². The monoisotopic (exact) mass is 399 g/mol. The van der Waals surface area contributed by atoms with Crippen LogP contribution in [0, 0.1) is 13.8 Å². The van der Waals surface area contributed by atoms with Crippen LogP contribution in [0.4, 0.5) is 4.79 Å². The molecule has 0 aromatic heterocycles. The summed E-state index contributed by atoms with van der Waals surface area (Å²) in [5, 5.41) is 3.04. The van der Waals surface area contributed by atoms with E-state index in [1.807, 2.05) is 6.07 Å². The average Bonchev–Trinajstić information content (AvgIpc) is 3.14. The standard InChI is InChI=1S/C23H30ClN3O/c1-18-8-9-20(14-19(18)2)10-12-25-23(28)27(17-24)22-11-13-26(16-22)15-21-6-4-3-5-7-21/h3-9,14,22H,10-13,15-17H2,1-2H3,(H,25,28). The van der Waals surface area contributed by atoms with Crippen molar-refractivity contribution < 1.29 is 4.79 Å². The molecule has 0 radical (unpaired) electrons. The van der Waals surface area contributed by atoms with E-state index in [1.54, 1.807) is 4.90 Å². The number of rotatable bonds is 7. The number of likely N-dealkylation sites (tertiary alicyclic amines) is 1. The summed E-state index contributed by atoms with van der Waals surface area (Å²) in [7, 11) is 0. The molecule has 150 valence electrons. The molecule has 1 aliphatic heterocycles. The summed E-state index contributed by atoms with van der Waals surface area (Å²) in [6, 6.07) is 17.2. The van der Waals surface area contributed by atoms with Crippen LogP contribution in [0.2, 0.25) is 0 Å². The van der Waals surface area contributed by atoms with Crippen LogP contribution < -0.4 is 5.32 Å². The molecule has 28 heavy (non-hydrogen) atoms. The number of alkyl halides is 1. The summed E-state index contributed by atoms with van der Waals surface area (Å²) >= 11 is 6.13. The molecule has 1 N–H and O–H groups in total. The van der Waals surface area contributed by atoms with Crippen LogP contribution in [0.15, 0.2) is 48.5 Å². The normalized spacial score (nSPS) is 16.9. The van der Waals surface area contributed by atoms with Gasteiger partial charge >= 0.3 is 6.03 Å². The third-order valence-corrected chi connectivity index (χ3v) is 5.85. The fraction of sp³-hybridized carbons (Fsp3) is 0.435. The summed E-state index contributed by atoms with van der Waals surface area (Å²) < 4.78 is 0. The van der Waals surface area contributed by atoms with Gasteiger partial charge in [0.25, 0.3) is 0 Å². The van der Waals surface area contributed by atoms with Crippen LogP contribution in [0.5, 0.6) is 0 Å². The van der Waals surface area contributed by atoms with Gasteiger partial charge in [-0.15, -0.1) is 11.6 Å². The number of aryl methyl sites for hydroxylation is 2. The lowest BCUT2D eigenvalue weighted by molar-refractivity contribution is 0.184. The van der Waals surface area contributed by atoms with Crippen LogP contribution in [0.25, 0.3) is 0 Å². The lowest BCUT2D eigenvalue weighted by Gasteiger charge is -2.27. The number of urea groups is 1. The number of hydrogen-bond acceptors (Lipinski definition) is 2. The number of halogens is 1. The minimum Gasteiger partial charge on any atom is -0.338 e. The van der Waals surface area contributed by atoms with E-state index >= 15 is 0 Å². The highest BCUT2D eigenvalue weighted by molar-refractivity contribution is 6.18. The summed E-state index contributed by atoms with van der Waals surface area (Å²) in [6.07, 6.45) is 1.79. The van der Waals surface area contributed by atoms with E-state index < -0.39 is 0 Å². The van der Waals surface area contributed by atoms with Crippen LogP contribution in [-0.4, -0.2) is 47.5 Å². The minimum absolute atomic E-state index is 0.0644. The second-order valence-corrected chi connectivity index (χ2v) is 7.89. The molecule has 2 aromatic carbocycles. The number of carbonyl (C=O) groups excluding carboxylic acids is 1. The second kappa shape index (κ2) is 9.94. The van der Waals surface area contributed by atoms with E-state index in [9.17, 15) is 4.79 Å². The first-order valence-corrected chi connectivity index (χ1v) is 10.5. The number of carbonyl (C=O) groups is 1. The zero-order chi connectivity index (χ0) is 19.9. The number of hydrogen-bond donors (Lipinski definition) is 1. The predicted octanol–water partition coefficient (Wildman–Crippen LogP) is 4.33. The van der Waals surface area contributed by atoms with Gasteiger partial charge < -0.3 is 10.2 Å². The molecule has 1 heterocycles. The molecule has 5 heteroatoms. The van der Waals surface area contributed by atoms with Gasteiger partial charge in [-0.2, -0.15) is 0 Å². The van der Waals surface area contributed by atoms with Gasteiger partial charge in [0.2, 0.25) is 0 Å². The summed E-state index contributed by atoms with van der Waals surface area (Å²) in [4.78, 5) is 16.8. The maximum absolute atomic E-state index is 12.6. The van der Waals surface area contributed by atoms with E-state index in [-0.39, 0.29) is 18.1 Å². The van der Waals surface area contributed by atoms with Crippen molar-refractivity contribution >= 4 is 17.6 Å². The molecule has 1 aliphatic rings. The Morgan fingerprint density at radius 3 is 2.64 bits per heavy atom. The maximum atomic E-state index is 12.6. The largest absolute Gasteiger partial charge is 0.338 e. The molecule has 1 fully saturated rings. The Morgan fingerprint density at radius 2 is 1.93 bits per heavy atom. The highest BCUT2D eigenvalue weighted by Gasteiger charge is 2.30. The predicted molar refractivity (Wildman–Crippen MR) is 116 cm³/mol. The molecule has 0 saturated carbocycles. The highest BCUT2D eigenvalue weighted by Crippen LogP contribution is 2.19. The molecule has 3 rings (SSSR count). The SMILES string of the molecule is Cc1ccc(CCNC(=O)N(CCl)C2CCN(Cc3ccccc3)C2)cc1C. The lowest BCUT2D eigenvalue weighted by atomic mass is 10.0. The molecule has 2 amide bonds. The Kier molecular flexibility index (Phi) is 7.35. The van der Waals surface area contributed by atoms with Gasteiger partial charge in [-0.05, 0) is 48.9 Å². The molecule has 1 saturated heterocycles. The van der Waals surface area contributed by atoms with E-state index in [1.165, 1.54) is 22.3 Å². The Labute approximate surface area is 173 Å². The van der Waals surface area contributed by atoms with E-state index in [2.05, 4.69) is 66.5 Å². The van der Waals surface area contributed by atoms with Gasteiger partial charge in [0, 0.05) is 32.2 Å². The van der Waals surface area contributed by atoms with Gasteiger partial charge in [0.1, 0.15) is 0 Å². The summed E-state index contributed by atoms with van der Waals surface area (Å²) in [5.74, 6) is 0. The smallest absolute Gasteiger partial charge is 0.318 e. The first-order chi connectivity index (χ1) is 13.6. The highest BCUT2D eigenvalue weighted by atomic mass is 35.5. The third kappa shape index (κ3) is 5.49. The van der Waals surface area contributed by atoms with Crippen molar-refractivity contribution in [2.24, 2.45) is 0 Å². The van der Waals surface area contributed by atoms with Crippen LogP contribution in [0.1, 0.15) is 28.7 Å². The van der Waals surface area contributed by atoms with Crippen molar-refractivity contribution in [2.45, 2.75) is 39.3 Å². The van der Waals surface area contributed by atoms with Gasteiger partial charge in [0.05, 0.1) is 6.00 Å². The second-order valence-electron chi connectivity index (χ2n) is 7.65. The quantitative estimate of drug-likeness (QED) is 0.555. The number of amides is 2. The topological polar surface area (TPSA) is 35.6 Å². The van der Waals surface area contributed by atoms with E-state index in [4.69, 9.17) is 11.6 Å². The lowest BCUT2D eigenvalue weighted by Crippen LogP contribution is -2.47. The number of nitrogens with zero attached hydrogens (tertiary/aromatic N) is 2. The van der Waals surface area contributed by atoms with Crippen LogP contribution in [0.3, 0.4) is 0 Å². The molecule has 4 nitrogen and oxygen atoms in total. The van der Waals surface area contributed by atoms with Gasteiger partial charge in [-0.25, -0.2) is 4.79 Å². The van der Waals surface area contributed by atoms with Gasteiger partial charge in [-0.3, -0.25) is 4.90 Å². The molecule has 0 bridgehead atoms. The zero-order valence-corrected chi connectivity index (χ0v) is 17.6. The van der Waals surface area contributed by atoms with Crippen LogP contribution >= 0.6 is 11.6 Å². The average molecular weight is 400 g/mol. The molecular formula is C23H30ClN3O. The minimum atomic E-state index is -0.0644. The Bertz CT molecular complexity index is 781. The Hall–Kier alpha value is -2.04. The van der Waals surface area contributed by atoms with Crippen molar-refractivity contribution in [1.82, 2.24) is 15.1 Å². The molecule has 0 aliphatic carbocycles. The van der Waals surface area contributed by atoms with Crippen molar-refractivity contribution in [3.63, 3.8) is 0 Å². The van der Waals surface area contributed by atoms with E-state index in [0.29, 0.717) is 6.54 Å². The third-order valence-electron chi connectivity index (χ3n) is 5.59. The van der Waals surface area contributed by atoms with Crippen molar-refractivity contribution in [1.29, 1.82) is 0 Å². The number of benzene rings is 2. The van der Waals surface area contributed by atoms with Gasteiger partial charge in [-0.1, -0.05) is 48.5 Å². The fourth-order valence-electron chi connectivity index (χ4n) is 3.74. The zero-order valence-electron chi connectivity index (χ0n) is 16.8. The van der Waals surface area contributed by atoms with Crippen LogP contribution in [-0.2, 0) is 13.0 Å². The molecular weight excluding hydrogens is 370 g/mol. The summed E-state index contributed by atoms with van der Waals surface area (Å²) in [5.41, 5.74) is 5.13. The Balaban J connectivity index is 1.47. The molecule has 2 aromatic rings. The fourth-order valence-corrected chi connectivity index (χ4v) is 4.05. The van der Waals surface area contributed by atoms with Crippen molar-refractivity contribution in [2.75, 3.05) is 25.6 Å². The first kappa shape index (κ1) is 20.7. The number of nitrogens with one attached hydrogen (secondary N) is 1. The van der Waals surface area contributed by atoms with Gasteiger partial charge in [0.15, 0.2) is 0 Å². The van der Waals surface area contributed by atoms with E-state index in [0.717, 1.165) is 32.5 Å². The maximum Gasteiger partial charge on any atom is 0.318 e.